The molecule has 20 heavy (non-hydrogen) atoms. The van der Waals surface area contributed by atoms with Crippen molar-refractivity contribution in [1.29, 1.82) is 0 Å². The molecule has 0 atom stereocenters. The Kier molecular flexibility index (Phi) is 6.03. The van der Waals surface area contributed by atoms with Crippen LogP contribution in [0.25, 0.3) is 0 Å². The van der Waals surface area contributed by atoms with E-state index in [0.29, 0.717) is 12.2 Å². The molecule has 2 amide bonds. The van der Waals surface area contributed by atoms with Crippen LogP contribution in [0.15, 0.2) is 24.3 Å². The van der Waals surface area contributed by atoms with E-state index in [1.807, 2.05) is 39.0 Å². The predicted molar refractivity (Wildman–Crippen MR) is 78.9 cm³/mol. The molecule has 0 bridgehead atoms. The number of benzene rings is 1. The molecule has 0 saturated heterocycles. The Bertz CT molecular complexity index is 472. The van der Waals surface area contributed by atoms with Gasteiger partial charge in [-0.15, -0.1) is 0 Å². The van der Waals surface area contributed by atoms with Crippen molar-refractivity contribution in [3.8, 4) is 0 Å². The molecule has 0 spiro atoms. The number of carboxylic acids is 1. The maximum absolute atomic E-state index is 12.1. The second-order valence-electron chi connectivity index (χ2n) is 5.15. The van der Waals surface area contributed by atoms with Gasteiger partial charge in [-0.05, 0) is 30.0 Å². The van der Waals surface area contributed by atoms with E-state index >= 15 is 0 Å². The van der Waals surface area contributed by atoms with Crippen LogP contribution in [-0.2, 0) is 11.2 Å². The first-order valence-electron chi connectivity index (χ1n) is 6.79. The van der Waals surface area contributed by atoms with E-state index in [0.717, 1.165) is 12.0 Å². The average molecular weight is 278 g/mol. The lowest BCUT2D eigenvalue weighted by molar-refractivity contribution is -0.137. The fourth-order valence-electron chi connectivity index (χ4n) is 1.89. The summed E-state index contributed by atoms with van der Waals surface area (Å²) >= 11 is 0. The van der Waals surface area contributed by atoms with Crippen LogP contribution in [0.2, 0.25) is 0 Å². The Morgan fingerprint density at radius 1 is 1.35 bits per heavy atom. The Morgan fingerprint density at radius 3 is 2.60 bits per heavy atom. The minimum Gasteiger partial charge on any atom is -0.480 e. The number of hydrogen-bond donors (Lipinski definition) is 2. The Balaban J connectivity index is 2.75. The van der Waals surface area contributed by atoms with Crippen molar-refractivity contribution in [3.05, 3.63) is 29.8 Å². The van der Waals surface area contributed by atoms with Crippen LogP contribution in [0.4, 0.5) is 10.5 Å². The van der Waals surface area contributed by atoms with Gasteiger partial charge < -0.3 is 15.3 Å². The Labute approximate surface area is 119 Å². The van der Waals surface area contributed by atoms with Gasteiger partial charge in [-0.1, -0.05) is 32.9 Å². The Hall–Kier alpha value is -2.04. The molecule has 5 nitrogen and oxygen atoms in total. The molecule has 0 aliphatic carbocycles. The average Bonchev–Trinajstić information content (AvgIpc) is 2.37. The van der Waals surface area contributed by atoms with E-state index in [-0.39, 0.29) is 18.5 Å². The molecule has 0 heterocycles. The van der Waals surface area contributed by atoms with E-state index in [4.69, 9.17) is 5.11 Å². The molecule has 0 aromatic heterocycles. The number of aryl methyl sites for hydroxylation is 1. The minimum absolute atomic E-state index is 0.210. The van der Waals surface area contributed by atoms with Crippen LogP contribution < -0.4 is 5.32 Å². The summed E-state index contributed by atoms with van der Waals surface area (Å²) in [6, 6.07) is 7.17. The van der Waals surface area contributed by atoms with Crippen molar-refractivity contribution in [3.63, 3.8) is 0 Å². The van der Waals surface area contributed by atoms with Crippen molar-refractivity contribution >= 4 is 17.7 Å². The summed E-state index contributed by atoms with van der Waals surface area (Å²) in [5, 5.41) is 11.6. The maximum Gasteiger partial charge on any atom is 0.323 e. The van der Waals surface area contributed by atoms with Crippen molar-refractivity contribution in [2.75, 3.05) is 18.4 Å². The van der Waals surface area contributed by atoms with Gasteiger partial charge in [0.1, 0.15) is 6.54 Å². The molecule has 1 rings (SSSR count). The first-order chi connectivity index (χ1) is 9.42. The first-order valence-corrected chi connectivity index (χ1v) is 6.79. The third kappa shape index (κ3) is 5.30. The topological polar surface area (TPSA) is 69.6 Å². The highest BCUT2D eigenvalue weighted by molar-refractivity contribution is 5.91. The molecule has 5 heteroatoms. The number of nitrogens with zero attached hydrogens (tertiary/aromatic N) is 1. The molecule has 0 aliphatic rings. The summed E-state index contributed by atoms with van der Waals surface area (Å²) in [6.07, 6.45) is 0.883. The number of rotatable bonds is 6. The maximum atomic E-state index is 12.1. The van der Waals surface area contributed by atoms with Gasteiger partial charge in [0.25, 0.3) is 0 Å². The zero-order valence-electron chi connectivity index (χ0n) is 12.2. The zero-order valence-corrected chi connectivity index (χ0v) is 12.2. The summed E-state index contributed by atoms with van der Waals surface area (Å²) in [4.78, 5) is 24.3. The van der Waals surface area contributed by atoms with E-state index in [2.05, 4.69) is 5.32 Å². The van der Waals surface area contributed by atoms with Crippen LogP contribution in [0, 0.1) is 5.92 Å². The SMILES string of the molecule is CCc1cccc(NC(=O)N(CC(=O)O)CC(C)C)c1. The van der Waals surface area contributed by atoms with Gasteiger partial charge in [0.15, 0.2) is 0 Å². The molecular weight excluding hydrogens is 256 g/mol. The number of anilines is 1. The normalized spacial score (nSPS) is 10.4. The van der Waals surface area contributed by atoms with Crippen LogP contribution >= 0.6 is 0 Å². The lowest BCUT2D eigenvalue weighted by Crippen LogP contribution is -2.40. The summed E-state index contributed by atoms with van der Waals surface area (Å²) in [7, 11) is 0. The van der Waals surface area contributed by atoms with Gasteiger partial charge in [0, 0.05) is 12.2 Å². The second kappa shape index (κ2) is 7.53. The first kappa shape index (κ1) is 16.0. The highest BCUT2D eigenvalue weighted by atomic mass is 16.4. The van der Waals surface area contributed by atoms with Crippen LogP contribution in [-0.4, -0.2) is 35.1 Å². The van der Waals surface area contributed by atoms with Gasteiger partial charge in [0.05, 0.1) is 0 Å². The monoisotopic (exact) mass is 278 g/mol. The van der Waals surface area contributed by atoms with Gasteiger partial charge in [-0.3, -0.25) is 4.79 Å². The zero-order chi connectivity index (χ0) is 15.1. The van der Waals surface area contributed by atoms with Gasteiger partial charge >= 0.3 is 12.0 Å². The molecule has 2 N–H and O–H groups in total. The molecule has 0 fully saturated rings. The van der Waals surface area contributed by atoms with Crippen molar-refractivity contribution < 1.29 is 14.7 Å². The highest BCUT2D eigenvalue weighted by Gasteiger charge is 2.17. The lowest BCUT2D eigenvalue weighted by atomic mass is 10.1. The number of urea groups is 1. The summed E-state index contributed by atoms with van der Waals surface area (Å²) in [5.74, 6) is -0.801. The summed E-state index contributed by atoms with van der Waals surface area (Å²) < 4.78 is 0. The van der Waals surface area contributed by atoms with Crippen molar-refractivity contribution in [2.45, 2.75) is 27.2 Å². The smallest absolute Gasteiger partial charge is 0.323 e. The van der Waals surface area contributed by atoms with E-state index in [9.17, 15) is 9.59 Å². The number of amides is 2. The molecule has 0 aliphatic heterocycles. The van der Waals surface area contributed by atoms with Crippen LogP contribution in [0.5, 0.6) is 0 Å². The van der Waals surface area contributed by atoms with Gasteiger partial charge in [0.2, 0.25) is 0 Å². The number of aliphatic carboxylic acids is 1. The third-order valence-electron chi connectivity index (χ3n) is 2.79. The van der Waals surface area contributed by atoms with Crippen molar-refractivity contribution in [2.24, 2.45) is 5.92 Å². The molecular formula is C15H22N2O3. The number of carbonyl (C=O) groups excluding carboxylic acids is 1. The molecule has 110 valence electrons. The Morgan fingerprint density at radius 2 is 2.05 bits per heavy atom. The second-order valence-corrected chi connectivity index (χ2v) is 5.15. The summed E-state index contributed by atoms with van der Waals surface area (Å²) in [5.41, 5.74) is 1.81. The fraction of sp³-hybridized carbons (Fsp3) is 0.467. The highest BCUT2D eigenvalue weighted by Crippen LogP contribution is 2.12. The number of carboxylic acid groups (broad SMARTS) is 1. The standard InChI is InChI=1S/C15H22N2O3/c1-4-12-6-5-7-13(8-12)16-15(20)17(9-11(2)3)10-14(18)19/h5-8,11H,4,9-10H2,1-3H3,(H,16,20)(H,18,19). The van der Waals surface area contributed by atoms with E-state index in [1.165, 1.54) is 4.90 Å². The molecule has 0 saturated carbocycles. The minimum atomic E-state index is -1.01. The fourth-order valence-corrected chi connectivity index (χ4v) is 1.89. The van der Waals surface area contributed by atoms with E-state index in [1.54, 1.807) is 6.07 Å². The quantitative estimate of drug-likeness (QED) is 0.840. The molecule has 0 radical (unpaired) electrons. The third-order valence-corrected chi connectivity index (χ3v) is 2.79. The predicted octanol–water partition coefficient (Wildman–Crippen LogP) is 2.82. The van der Waals surface area contributed by atoms with Crippen LogP contribution in [0.1, 0.15) is 26.3 Å². The van der Waals surface area contributed by atoms with Crippen LogP contribution in [0.3, 0.4) is 0 Å². The largest absolute Gasteiger partial charge is 0.480 e. The molecule has 1 aromatic rings. The summed E-state index contributed by atoms with van der Waals surface area (Å²) in [6.45, 7) is 6.04. The number of carbonyl (C=O) groups is 2. The van der Waals surface area contributed by atoms with Gasteiger partial charge in [-0.2, -0.15) is 0 Å². The van der Waals surface area contributed by atoms with E-state index < -0.39 is 5.97 Å². The number of nitrogens with one attached hydrogen (secondary N) is 1. The van der Waals surface area contributed by atoms with Crippen molar-refractivity contribution in [1.82, 2.24) is 4.90 Å². The molecule has 1 aromatic carbocycles. The number of hydrogen-bond acceptors (Lipinski definition) is 2. The molecule has 0 unspecified atom stereocenters. The van der Waals surface area contributed by atoms with Gasteiger partial charge in [-0.25, -0.2) is 4.79 Å². The lowest BCUT2D eigenvalue weighted by Gasteiger charge is -2.23.